The van der Waals surface area contributed by atoms with Gasteiger partial charge in [-0.2, -0.15) is 0 Å². The van der Waals surface area contributed by atoms with Gasteiger partial charge in [-0.05, 0) is 49.1 Å². The number of carbonyl (C=O) groups is 1. The van der Waals surface area contributed by atoms with Crippen LogP contribution in [0.4, 0.5) is 5.69 Å². The fourth-order valence-corrected chi connectivity index (χ4v) is 2.38. The number of anilines is 1. The van der Waals surface area contributed by atoms with Gasteiger partial charge in [0.2, 0.25) is 0 Å². The Morgan fingerprint density at radius 1 is 1.08 bits per heavy atom. The van der Waals surface area contributed by atoms with E-state index in [1.807, 2.05) is 49.4 Å². The summed E-state index contributed by atoms with van der Waals surface area (Å²) in [6.45, 7) is 10.1. The first-order chi connectivity index (χ1) is 11.7. The molecule has 0 radical (unpaired) electrons. The topological polar surface area (TPSA) is 47.6 Å². The molecular formula is C21H27NO3. The molecule has 0 aliphatic rings. The Morgan fingerprint density at radius 3 is 2.28 bits per heavy atom. The number of methoxy groups -OCH3 is 1. The molecule has 134 valence electrons. The quantitative estimate of drug-likeness (QED) is 0.857. The van der Waals surface area contributed by atoms with Crippen molar-refractivity contribution < 1.29 is 14.3 Å². The predicted molar refractivity (Wildman–Crippen MR) is 102 cm³/mol. The average molecular weight is 341 g/mol. The summed E-state index contributed by atoms with van der Waals surface area (Å²) < 4.78 is 11.1. The normalized spacial score (nSPS) is 12.4. The van der Waals surface area contributed by atoms with E-state index in [2.05, 4.69) is 26.1 Å². The molecule has 1 amide bonds. The molecule has 0 heterocycles. The van der Waals surface area contributed by atoms with E-state index >= 15 is 0 Å². The van der Waals surface area contributed by atoms with Crippen molar-refractivity contribution in [2.24, 2.45) is 0 Å². The van der Waals surface area contributed by atoms with Crippen molar-refractivity contribution >= 4 is 11.6 Å². The fourth-order valence-electron chi connectivity index (χ4n) is 2.38. The Kier molecular flexibility index (Phi) is 5.73. The molecule has 2 aromatic rings. The van der Waals surface area contributed by atoms with E-state index in [0.717, 1.165) is 11.1 Å². The van der Waals surface area contributed by atoms with E-state index in [0.29, 0.717) is 17.2 Å². The lowest BCUT2D eigenvalue weighted by Gasteiger charge is -2.22. The highest BCUT2D eigenvalue weighted by atomic mass is 16.5. The first-order valence-corrected chi connectivity index (χ1v) is 8.43. The smallest absolute Gasteiger partial charge is 0.265 e. The van der Waals surface area contributed by atoms with Gasteiger partial charge in [-0.15, -0.1) is 0 Å². The van der Waals surface area contributed by atoms with Crippen molar-refractivity contribution in [1.29, 1.82) is 0 Å². The molecule has 1 N–H and O–H groups in total. The summed E-state index contributed by atoms with van der Waals surface area (Å²) in [5.74, 6) is 1.08. The molecule has 0 aromatic heterocycles. The van der Waals surface area contributed by atoms with E-state index < -0.39 is 6.10 Å². The highest BCUT2D eigenvalue weighted by molar-refractivity contribution is 5.95. The standard InChI is InChI=1S/C21H27NO3/c1-14-7-10-17(11-8-14)25-15(2)20(23)22-18-13-16(21(3,4)5)9-12-19(18)24-6/h7-13,15H,1-6H3,(H,22,23). The van der Waals surface area contributed by atoms with Gasteiger partial charge in [0.05, 0.1) is 12.8 Å². The molecule has 0 saturated heterocycles. The summed E-state index contributed by atoms with van der Waals surface area (Å²) in [5, 5.41) is 2.92. The second-order valence-electron chi connectivity index (χ2n) is 7.23. The fraction of sp³-hybridized carbons (Fsp3) is 0.381. The van der Waals surface area contributed by atoms with Crippen LogP contribution in [-0.4, -0.2) is 19.1 Å². The van der Waals surface area contributed by atoms with Crippen LogP contribution in [0.25, 0.3) is 0 Å². The Labute approximate surface area is 150 Å². The Bertz CT molecular complexity index is 730. The van der Waals surface area contributed by atoms with Gasteiger partial charge in [0.15, 0.2) is 6.10 Å². The predicted octanol–water partition coefficient (Wildman–Crippen LogP) is 4.71. The molecule has 0 aliphatic heterocycles. The number of rotatable bonds is 5. The molecule has 2 aromatic carbocycles. The largest absolute Gasteiger partial charge is 0.495 e. The maximum absolute atomic E-state index is 12.5. The summed E-state index contributed by atoms with van der Waals surface area (Å²) in [6.07, 6.45) is -0.620. The van der Waals surface area contributed by atoms with Gasteiger partial charge in [-0.1, -0.05) is 44.5 Å². The number of aryl methyl sites for hydroxylation is 1. The summed E-state index contributed by atoms with van der Waals surface area (Å²) >= 11 is 0. The van der Waals surface area contributed by atoms with Crippen LogP contribution in [0.3, 0.4) is 0 Å². The van der Waals surface area contributed by atoms with Crippen LogP contribution in [0, 0.1) is 6.92 Å². The second kappa shape index (κ2) is 7.60. The van der Waals surface area contributed by atoms with Gasteiger partial charge in [-0.3, -0.25) is 4.79 Å². The minimum absolute atomic E-state index is 0.0181. The number of hydrogen-bond acceptors (Lipinski definition) is 3. The molecule has 25 heavy (non-hydrogen) atoms. The zero-order chi connectivity index (χ0) is 18.6. The SMILES string of the molecule is COc1ccc(C(C)(C)C)cc1NC(=O)C(C)Oc1ccc(C)cc1. The van der Waals surface area contributed by atoms with E-state index in [1.54, 1.807) is 14.0 Å². The van der Waals surface area contributed by atoms with Crippen molar-refractivity contribution in [3.05, 3.63) is 53.6 Å². The van der Waals surface area contributed by atoms with Gasteiger partial charge >= 0.3 is 0 Å². The first kappa shape index (κ1) is 18.8. The lowest BCUT2D eigenvalue weighted by Crippen LogP contribution is -2.30. The van der Waals surface area contributed by atoms with Crippen LogP contribution >= 0.6 is 0 Å². The molecule has 0 aliphatic carbocycles. The van der Waals surface area contributed by atoms with Crippen molar-refractivity contribution in [2.75, 3.05) is 12.4 Å². The number of hydrogen-bond donors (Lipinski definition) is 1. The molecule has 0 fully saturated rings. The summed E-state index contributed by atoms with van der Waals surface area (Å²) in [4.78, 5) is 12.5. The first-order valence-electron chi connectivity index (χ1n) is 8.43. The van der Waals surface area contributed by atoms with Gasteiger partial charge in [-0.25, -0.2) is 0 Å². The van der Waals surface area contributed by atoms with E-state index in [-0.39, 0.29) is 11.3 Å². The Morgan fingerprint density at radius 2 is 1.72 bits per heavy atom. The molecule has 0 saturated carbocycles. The third-order valence-corrected chi connectivity index (χ3v) is 4.03. The molecule has 1 atom stereocenters. The highest BCUT2D eigenvalue weighted by Crippen LogP contribution is 2.31. The molecule has 1 unspecified atom stereocenters. The number of nitrogens with one attached hydrogen (secondary N) is 1. The Balaban J connectivity index is 2.14. The minimum atomic E-state index is -0.620. The zero-order valence-electron chi connectivity index (χ0n) is 15.8. The maximum atomic E-state index is 12.5. The molecule has 0 spiro atoms. The lowest BCUT2D eigenvalue weighted by molar-refractivity contribution is -0.122. The molecule has 4 nitrogen and oxygen atoms in total. The van der Waals surface area contributed by atoms with E-state index in [4.69, 9.17) is 9.47 Å². The monoisotopic (exact) mass is 341 g/mol. The van der Waals surface area contributed by atoms with Gasteiger partial charge in [0.25, 0.3) is 5.91 Å². The summed E-state index contributed by atoms with van der Waals surface area (Å²) in [7, 11) is 1.59. The van der Waals surface area contributed by atoms with Crippen molar-refractivity contribution in [2.45, 2.75) is 46.1 Å². The van der Waals surface area contributed by atoms with Crippen LogP contribution < -0.4 is 14.8 Å². The van der Waals surface area contributed by atoms with Crippen LogP contribution in [0.5, 0.6) is 11.5 Å². The molecule has 0 bridgehead atoms. The van der Waals surface area contributed by atoms with Crippen LogP contribution in [0.2, 0.25) is 0 Å². The van der Waals surface area contributed by atoms with Crippen molar-refractivity contribution in [1.82, 2.24) is 0 Å². The molecule has 2 rings (SSSR count). The van der Waals surface area contributed by atoms with E-state index in [9.17, 15) is 4.79 Å². The van der Waals surface area contributed by atoms with E-state index in [1.165, 1.54) is 0 Å². The second-order valence-corrected chi connectivity index (χ2v) is 7.23. The van der Waals surface area contributed by atoms with Crippen LogP contribution in [0.1, 0.15) is 38.8 Å². The lowest BCUT2D eigenvalue weighted by atomic mass is 9.87. The Hall–Kier alpha value is -2.49. The third kappa shape index (κ3) is 4.99. The molecule has 4 heteroatoms. The number of ether oxygens (including phenoxy) is 2. The number of carbonyl (C=O) groups excluding carboxylic acids is 1. The van der Waals surface area contributed by atoms with Gasteiger partial charge < -0.3 is 14.8 Å². The zero-order valence-corrected chi connectivity index (χ0v) is 15.8. The van der Waals surface area contributed by atoms with Gasteiger partial charge in [0.1, 0.15) is 11.5 Å². The summed E-state index contributed by atoms with van der Waals surface area (Å²) in [5.41, 5.74) is 2.90. The van der Waals surface area contributed by atoms with Crippen LogP contribution in [0.15, 0.2) is 42.5 Å². The number of amides is 1. The average Bonchev–Trinajstić information content (AvgIpc) is 2.56. The number of benzene rings is 2. The summed E-state index contributed by atoms with van der Waals surface area (Å²) in [6, 6.07) is 13.5. The van der Waals surface area contributed by atoms with Crippen molar-refractivity contribution in [3.63, 3.8) is 0 Å². The van der Waals surface area contributed by atoms with Crippen LogP contribution in [-0.2, 0) is 10.2 Å². The molecular weight excluding hydrogens is 314 g/mol. The third-order valence-electron chi connectivity index (χ3n) is 4.03. The highest BCUT2D eigenvalue weighted by Gasteiger charge is 2.20. The minimum Gasteiger partial charge on any atom is -0.495 e. The van der Waals surface area contributed by atoms with Gasteiger partial charge in [0, 0.05) is 0 Å². The van der Waals surface area contributed by atoms with Crippen molar-refractivity contribution in [3.8, 4) is 11.5 Å². The maximum Gasteiger partial charge on any atom is 0.265 e.